The SMILES string of the molecule is CC(=O)Nc1ccc(C(=O)[C@@]23C[C@@H]2CCS3=O)cc1. The summed E-state index contributed by atoms with van der Waals surface area (Å²) < 4.78 is 11.4. The van der Waals surface area contributed by atoms with Crippen LogP contribution in [0.4, 0.5) is 5.69 Å². The highest BCUT2D eigenvalue weighted by Crippen LogP contribution is 2.57. The third kappa shape index (κ3) is 1.92. The molecule has 1 amide bonds. The predicted molar refractivity (Wildman–Crippen MR) is 73.5 cm³/mol. The van der Waals surface area contributed by atoms with Crippen molar-refractivity contribution in [3.8, 4) is 0 Å². The molecule has 1 aliphatic heterocycles. The maximum absolute atomic E-state index is 12.5. The van der Waals surface area contributed by atoms with Crippen LogP contribution in [0.5, 0.6) is 0 Å². The lowest BCUT2D eigenvalue weighted by molar-refractivity contribution is -0.114. The molecule has 1 aromatic carbocycles. The van der Waals surface area contributed by atoms with E-state index >= 15 is 0 Å². The van der Waals surface area contributed by atoms with Gasteiger partial charge in [0.05, 0.1) is 0 Å². The van der Waals surface area contributed by atoms with Gasteiger partial charge in [0.15, 0.2) is 5.78 Å². The van der Waals surface area contributed by atoms with Crippen LogP contribution in [0, 0.1) is 5.92 Å². The van der Waals surface area contributed by atoms with Gasteiger partial charge >= 0.3 is 0 Å². The van der Waals surface area contributed by atoms with Crippen molar-refractivity contribution in [3.63, 3.8) is 0 Å². The van der Waals surface area contributed by atoms with Crippen LogP contribution in [-0.4, -0.2) is 26.4 Å². The molecule has 1 unspecified atom stereocenters. The Hall–Kier alpha value is -1.49. The number of hydrogen-bond donors (Lipinski definition) is 1. The molecule has 1 N–H and O–H groups in total. The molecule has 0 aromatic heterocycles. The molecular formula is C14H15NO3S. The Balaban J connectivity index is 1.82. The second-order valence-corrected chi connectivity index (χ2v) is 7.04. The van der Waals surface area contributed by atoms with E-state index in [9.17, 15) is 13.8 Å². The zero-order valence-corrected chi connectivity index (χ0v) is 11.5. The van der Waals surface area contributed by atoms with E-state index < -0.39 is 15.5 Å². The number of Topliss-reactive ketones (excluding diaryl/α,β-unsaturated/α-hetero) is 1. The van der Waals surface area contributed by atoms with Crippen LogP contribution in [0.25, 0.3) is 0 Å². The van der Waals surface area contributed by atoms with Crippen molar-refractivity contribution in [1.82, 2.24) is 0 Å². The summed E-state index contributed by atoms with van der Waals surface area (Å²) in [5.74, 6) is 0.829. The summed E-state index contributed by atoms with van der Waals surface area (Å²) in [6, 6.07) is 6.82. The maximum atomic E-state index is 12.5. The number of amides is 1. The van der Waals surface area contributed by atoms with E-state index in [0.717, 1.165) is 12.8 Å². The number of carbonyl (C=O) groups is 2. The Morgan fingerprint density at radius 3 is 2.47 bits per heavy atom. The summed E-state index contributed by atoms with van der Waals surface area (Å²) in [5, 5.41) is 2.66. The van der Waals surface area contributed by atoms with Crippen molar-refractivity contribution in [2.45, 2.75) is 24.5 Å². The van der Waals surface area contributed by atoms with Gasteiger partial charge in [-0.1, -0.05) is 0 Å². The summed E-state index contributed by atoms with van der Waals surface area (Å²) in [6.07, 6.45) is 1.67. The molecule has 2 aliphatic rings. The predicted octanol–water partition coefficient (Wildman–Crippen LogP) is 1.74. The zero-order chi connectivity index (χ0) is 13.6. The number of fused-ring (bicyclic) bond motifs is 1. The molecular weight excluding hydrogens is 262 g/mol. The van der Waals surface area contributed by atoms with Crippen molar-refractivity contribution in [1.29, 1.82) is 0 Å². The summed E-state index contributed by atoms with van der Waals surface area (Å²) in [7, 11) is -1.02. The molecule has 1 saturated heterocycles. The molecule has 1 aliphatic carbocycles. The fraction of sp³-hybridized carbons (Fsp3) is 0.429. The number of nitrogens with one attached hydrogen (secondary N) is 1. The first kappa shape index (κ1) is 12.5. The number of anilines is 1. The first-order chi connectivity index (χ1) is 9.04. The van der Waals surface area contributed by atoms with Crippen molar-refractivity contribution in [2.75, 3.05) is 11.1 Å². The third-order valence-electron chi connectivity index (χ3n) is 3.96. The quantitative estimate of drug-likeness (QED) is 0.856. The second kappa shape index (κ2) is 4.27. The first-order valence-corrected chi connectivity index (χ1v) is 7.67. The van der Waals surface area contributed by atoms with E-state index in [-0.39, 0.29) is 11.7 Å². The van der Waals surface area contributed by atoms with Crippen LogP contribution < -0.4 is 5.32 Å². The Labute approximate surface area is 114 Å². The lowest BCUT2D eigenvalue weighted by Crippen LogP contribution is -2.27. The van der Waals surface area contributed by atoms with Crippen molar-refractivity contribution in [3.05, 3.63) is 29.8 Å². The minimum Gasteiger partial charge on any atom is -0.326 e. The molecule has 4 nitrogen and oxygen atoms in total. The third-order valence-corrected chi connectivity index (χ3v) is 6.06. The molecule has 0 radical (unpaired) electrons. The van der Waals surface area contributed by atoms with Gasteiger partial charge in [0.25, 0.3) is 0 Å². The Kier molecular flexibility index (Phi) is 2.82. The Bertz CT molecular complexity index is 581. The molecule has 2 fully saturated rings. The van der Waals surface area contributed by atoms with E-state index in [1.807, 2.05) is 0 Å². The van der Waals surface area contributed by atoms with E-state index in [0.29, 0.717) is 22.9 Å². The van der Waals surface area contributed by atoms with Gasteiger partial charge in [-0.25, -0.2) is 0 Å². The lowest BCUT2D eigenvalue weighted by atomic mass is 10.0. The lowest BCUT2D eigenvalue weighted by Gasteiger charge is -2.11. The molecule has 19 heavy (non-hydrogen) atoms. The highest BCUT2D eigenvalue weighted by molar-refractivity contribution is 7.88. The van der Waals surface area contributed by atoms with Gasteiger partial charge in [-0.3, -0.25) is 13.8 Å². The van der Waals surface area contributed by atoms with Gasteiger partial charge in [-0.05, 0) is 43.0 Å². The summed E-state index contributed by atoms with van der Waals surface area (Å²) in [4.78, 5) is 23.4. The molecule has 1 aromatic rings. The monoisotopic (exact) mass is 277 g/mol. The maximum Gasteiger partial charge on any atom is 0.221 e. The fourth-order valence-corrected chi connectivity index (χ4v) is 4.95. The fourth-order valence-electron chi connectivity index (χ4n) is 2.89. The van der Waals surface area contributed by atoms with Crippen LogP contribution in [0.2, 0.25) is 0 Å². The first-order valence-electron chi connectivity index (χ1n) is 6.35. The number of carbonyl (C=O) groups excluding carboxylic acids is 2. The van der Waals surface area contributed by atoms with Crippen molar-refractivity contribution in [2.24, 2.45) is 5.92 Å². The van der Waals surface area contributed by atoms with Gasteiger partial charge in [-0.15, -0.1) is 0 Å². The molecule has 3 rings (SSSR count). The molecule has 1 heterocycles. The number of ketones is 1. The Morgan fingerprint density at radius 1 is 1.32 bits per heavy atom. The van der Waals surface area contributed by atoms with Gasteiger partial charge in [0, 0.05) is 34.7 Å². The summed E-state index contributed by atoms with van der Waals surface area (Å²) >= 11 is 0. The van der Waals surface area contributed by atoms with Crippen LogP contribution in [-0.2, 0) is 15.6 Å². The zero-order valence-electron chi connectivity index (χ0n) is 10.6. The van der Waals surface area contributed by atoms with E-state index in [1.54, 1.807) is 24.3 Å². The van der Waals surface area contributed by atoms with Gasteiger partial charge in [0.2, 0.25) is 5.91 Å². The topological polar surface area (TPSA) is 63.2 Å². The number of benzene rings is 1. The molecule has 1 saturated carbocycles. The minimum absolute atomic E-state index is 0.00251. The number of hydrogen-bond acceptors (Lipinski definition) is 3. The van der Waals surface area contributed by atoms with E-state index in [1.165, 1.54) is 6.92 Å². The van der Waals surface area contributed by atoms with Crippen LogP contribution in [0.3, 0.4) is 0 Å². The number of rotatable bonds is 3. The van der Waals surface area contributed by atoms with E-state index in [4.69, 9.17) is 0 Å². The Morgan fingerprint density at radius 2 is 2.00 bits per heavy atom. The molecule has 0 spiro atoms. The minimum atomic E-state index is -1.02. The highest BCUT2D eigenvalue weighted by Gasteiger charge is 2.67. The normalized spacial score (nSPS) is 31.6. The van der Waals surface area contributed by atoms with Crippen LogP contribution in [0.15, 0.2) is 24.3 Å². The van der Waals surface area contributed by atoms with Crippen molar-refractivity contribution < 1.29 is 13.8 Å². The van der Waals surface area contributed by atoms with Gasteiger partial charge in [-0.2, -0.15) is 0 Å². The average Bonchev–Trinajstić information content (AvgIpc) is 3.03. The van der Waals surface area contributed by atoms with Crippen molar-refractivity contribution >= 4 is 28.2 Å². The van der Waals surface area contributed by atoms with Crippen LogP contribution in [0.1, 0.15) is 30.1 Å². The highest BCUT2D eigenvalue weighted by atomic mass is 32.2. The van der Waals surface area contributed by atoms with Gasteiger partial charge < -0.3 is 5.32 Å². The van der Waals surface area contributed by atoms with Crippen LogP contribution >= 0.6 is 0 Å². The summed E-state index contributed by atoms with van der Waals surface area (Å²) in [5.41, 5.74) is 1.26. The molecule has 0 bridgehead atoms. The smallest absolute Gasteiger partial charge is 0.221 e. The van der Waals surface area contributed by atoms with Gasteiger partial charge in [0.1, 0.15) is 4.75 Å². The molecule has 5 heteroatoms. The second-order valence-electron chi connectivity index (χ2n) is 5.22. The molecule has 100 valence electrons. The molecule has 3 atom stereocenters. The standard InChI is InChI=1S/C14H15NO3S/c1-9(16)15-12-4-2-10(3-5-12)13(17)14-8-11(14)6-7-19(14)18/h2-5,11H,6-8H2,1H3,(H,15,16)/t11-,14+,19?/m0/s1. The average molecular weight is 277 g/mol. The summed E-state index contributed by atoms with van der Waals surface area (Å²) in [6.45, 7) is 1.44. The largest absolute Gasteiger partial charge is 0.326 e. The van der Waals surface area contributed by atoms with E-state index in [2.05, 4.69) is 5.32 Å².